The molecular weight excluding hydrogens is 414 g/mol. The fourth-order valence-corrected chi connectivity index (χ4v) is 4.17. The third-order valence-electron chi connectivity index (χ3n) is 4.15. The molecule has 150 valence electrons. The Morgan fingerprint density at radius 2 is 1.79 bits per heavy atom. The van der Waals surface area contributed by atoms with Crippen molar-refractivity contribution in [3.63, 3.8) is 0 Å². The van der Waals surface area contributed by atoms with E-state index in [1.807, 2.05) is 30.3 Å². The van der Waals surface area contributed by atoms with E-state index in [9.17, 15) is 18.3 Å². The lowest BCUT2D eigenvalue weighted by atomic mass is 10.2. The lowest BCUT2D eigenvalue weighted by Crippen LogP contribution is -2.17. The van der Waals surface area contributed by atoms with Gasteiger partial charge in [0.25, 0.3) is 10.0 Å². The number of hydrogen-bond acceptors (Lipinski definition) is 4. The number of aryl methyl sites for hydroxylation is 1. The normalized spacial score (nSPS) is 11.1. The number of halogens is 1. The first-order chi connectivity index (χ1) is 13.8. The molecule has 0 radical (unpaired) electrons. The first-order valence-corrected chi connectivity index (χ1v) is 10.5. The molecule has 6 nitrogen and oxygen atoms in total. The number of carboxylic acids is 1. The number of sulfonamides is 1. The first-order valence-electron chi connectivity index (χ1n) is 8.59. The standard InChI is InChI=1S/C21H18ClNO5S/c1-14-11-17(28-13-15-5-3-2-4-6-15)8-9-19(14)23-29(26,27)20-10-7-16(22)12-18(20)21(24)25/h2-12,23H,13H2,1H3,(H,24,25). The number of ether oxygens (including phenoxy) is 1. The van der Waals surface area contributed by atoms with Crippen LogP contribution in [0.2, 0.25) is 5.02 Å². The molecule has 8 heteroatoms. The van der Waals surface area contributed by atoms with E-state index >= 15 is 0 Å². The van der Waals surface area contributed by atoms with Gasteiger partial charge in [0.05, 0.1) is 11.3 Å². The summed E-state index contributed by atoms with van der Waals surface area (Å²) in [5, 5.41) is 9.43. The number of nitrogens with one attached hydrogen (secondary N) is 1. The van der Waals surface area contributed by atoms with Gasteiger partial charge in [0, 0.05) is 5.02 Å². The van der Waals surface area contributed by atoms with Crippen molar-refractivity contribution < 1.29 is 23.1 Å². The molecule has 0 atom stereocenters. The highest BCUT2D eigenvalue weighted by atomic mass is 35.5. The zero-order valence-corrected chi connectivity index (χ0v) is 17.0. The summed E-state index contributed by atoms with van der Waals surface area (Å²) in [6.45, 7) is 2.12. The molecule has 0 aliphatic heterocycles. The second-order valence-electron chi connectivity index (χ2n) is 6.30. The molecule has 0 fully saturated rings. The summed E-state index contributed by atoms with van der Waals surface area (Å²) in [5.74, 6) is -0.790. The molecule has 2 N–H and O–H groups in total. The number of rotatable bonds is 7. The SMILES string of the molecule is Cc1cc(OCc2ccccc2)ccc1NS(=O)(=O)c1ccc(Cl)cc1C(=O)O. The molecule has 0 unspecified atom stereocenters. The first kappa shape index (κ1) is 20.7. The van der Waals surface area contributed by atoms with Crippen LogP contribution in [0.25, 0.3) is 0 Å². The molecule has 0 heterocycles. The van der Waals surface area contributed by atoms with E-state index in [0.29, 0.717) is 23.6 Å². The Labute approximate surface area is 173 Å². The summed E-state index contributed by atoms with van der Waals surface area (Å²) in [4.78, 5) is 11.0. The van der Waals surface area contributed by atoms with Crippen LogP contribution in [0.1, 0.15) is 21.5 Å². The van der Waals surface area contributed by atoms with Crippen LogP contribution in [0.3, 0.4) is 0 Å². The number of hydrogen-bond donors (Lipinski definition) is 2. The average molecular weight is 432 g/mol. The third-order valence-corrected chi connectivity index (χ3v) is 5.81. The van der Waals surface area contributed by atoms with E-state index in [2.05, 4.69) is 4.72 Å². The lowest BCUT2D eigenvalue weighted by molar-refractivity contribution is 0.0692. The molecule has 3 rings (SSSR count). The quantitative estimate of drug-likeness (QED) is 0.564. The van der Waals surface area contributed by atoms with Gasteiger partial charge in [-0.3, -0.25) is 4.72 Å². The van der Waals surface area contributed by atoms with E-state index in [4.69, 9.17) is 16.3 Å². The van der Waals surface area contributed by atoms with Crippen molar-refractivity contribution in [1.82, 2.24) is 0 Å². The molecule has 0 spiro atoms. The zero-order valence-electron chi connectivity index (χ0n) is 15.4. The van der Waals surface area contributed by atoms with E-state index in [1.165, 1.54) is 12.1 Å². The highest BCUT2D eigenvalue weighted by Gasteiger charge is 2.23. The van der Waals surface area contributed by atoms with Gasteiger partial charge in [-0.2, -0.15) is 0 Å². The van der Waals surface area contributed by atoms with Gasteiger partial charge in [-0.15, -0.1) is 0 Å². The molecule has 3 aromatic rings. The minimum Gasteiger partial charge on any atom is -0.489 e. The minimum absolute atomic E-state index is 0.137. The molecule has 29 heavy (non-hydrogen) atoms. The van der Waals surface area contributed by atoms with Crippen LogP contribution in [0, 0.1) is 6.92 Å². The van der Waals surface area contributed by atoms with Crippen LogP contribution in [-0.4, -0.2) is 19.5 Å². The Morgan fingerprint density at radius 3 is 2.45 bits per heavy atom. The van der Waals surface area contributed by atoms with Crippen molar-refractivity contribution in [2.75, 3.05) is 4.72 Å². The largest absolute Gasteiger partial charge is 0.489 e. The maximum atomic E-state index is 12.7. The van der Waals surface area contributed by atoms with E-state index < -0.39 is 21.6 Å². The van der Waals surface area contributed by atoms with Crippen LogP contribution in [0.4, 0.5) is 5.69 Å². The number of anilines is 1. The Hall–Kier alpha value is -3.03. The van der Waals surface area contributed by atoms with Crippen molar-refractivity contribution in [3.8, 4) is 5.75 Å². The number of benzene rings is 3. The molecule has 0 aliphatic carbocycles. The van der Waals surface area contributed by atoms with Crippen molar-refractivity contribution in [3.05, 3.63) is 88.4 Å². The van der Waals surface area contributed by atoms with Crippen LogP contribution in [0.15, 0.2) is 71.6 Å². The van der Waals surface area contributed by atoms with Crippen LogP contribution in [-0.2, 0) is 16.6 Å². The van der Waals surface area contributed by atoms with Gasteiger partial charge < -0.3 is 9.84 Å². The van der Waals surface area contributed by atoms with Gasteiger partial charge in [-0.05, 0) is 54.4 Å². The highest BCUT2D eigenvalue weighted by Crippen LogP contribution is 2.27. The monoisotopic (exact) mass is 431 g/mol. The molecular formula is C21H18ClNO5S. The van der Waals surface area contributed by atoms with Crippen molar-refractivity contribution in [2.45, 2.75) is 18.4 Å². The van der Waals surface area contributed by atoms with Crippen molar-refractivity contribution in [1.29, 1.82) is 0 Å². The van der Waals surface area contributed by atoms with Gasteiger partial charge in [-0.1, -0.05) is 41.9 Å². The smallest absolute Gasteiger partial charge is 0.337 e. The van der Waals surface area contributed by atoms with Gasteiger partial charge in [0.1, 0.15) is 17.3 Å². The predicted molar refractivity (Wildman–Crippen MR) is 111 cm³/mol. The molecule has 0 saturated heterocycles. The Bertz CT molecular complexity index is 1150. The van der Waals surface area contributed by atoms with Crippen molar-refractivity contribution in [2.24, 2.45) is 0 Å². The second-order valence-corrected chi connectivity index (χ2v) is 8.39. The second kappa shape index (κ2) is 8.55. The van der Waals surface area contributed by atoms with Gasteiger partial charge in [0.15, 0.2) is 0 Å². The Morgan fingerprint density at radius 1 is 1.07 bits per heavy atom. The summed E-state index contributed by atoms with van der Waals surface area (Å²) in [6.07, 6.45) is 0. The Balaban J connectivity index is 1.80. The summed E-state index contributed by atoms with van der Waals surface area (Å²) < 4.78 is 33.6. The fourth-order valence-electron chi connectivity index (χ4n) is 2.68. The maximum Gasteiger partial charge on any atom is 0.337 e. The summed E-state index contributed by atoms with van der Waals surface area (Å²) in [7, 11) is -4.13. The van der Waals surface area contributed by atoms with Gasteiger partial charge in [-0.25, -0.2) is 13.2 Å². The van der Waals surface area contributed by atoms with Crippen LogP contribution < -0.4 is 9.46 Å². The molecule has 0 saturated carbocycles. The summed E-state index contributed by atoms with van der Waals surface area (Å²) in [5.41, 5.74) is 1.57. The number of carboxylic acid groups (broad SMARTS) is 1. The maximum absolute atomic E-state index is 12.7. The Kier molecular flexibility index (Phi) is 6.10. The zero-order chi connectivity index (χ0) is 21.0. The highest BCUT2D eigenvalue weighted by molar-refractivity contribution is 7.92. The van der Waals surface area contributed by atoms with Crippen LogP contribution >= 0.6 is 11.6 Å². The minimum atomic E-state index is -4.13. The number of aromatic carboxylic acids is 1. The molecule has 0 aromatic heterocycles. The fraction of sp³-hybridized carbons (Fsp3) is 0.0952. The van der Waals surface area contributed by atoms with E-state index in [0.717, 1.165) is 11.6 Å². The van der Waals surface area contributed by atoms with E-state index in [1.54, 1.807) is 25.1 Å². The van der Waals surface area contributed by atoms with E-state index in [-0.39, 0.29) is 9.92 Å². The predicted octanol–water partition coefficient (Wildman–Crippen LogP) is 4.73. The van der Waals surface area contributed by atoms with Gasteiger partial charge >= 0.3 is 5.97 Å². The summed E-state index contributed by atoms with van der Waals surface area (Å²) in [6, 6.07) is 18.2. The topological polar surface area (TPSA) is 92.7 Å². The van der Waals surface area contributed by atoms with Gasteiger partial charge in [0.2, 0.25) is 0 Å². The van der Waals surface area contributed by atoms with Crippen molar-refractivity contribution >= 4 is 33.3 Å². The summed E-state index contributed by atoms with van der Waals surface area (Å²) >= 11 is 5.80. The average Bonchev–Trinajstić information content (AvgIpc) is 2.68. The molecule has 0 aliphatic rings. The molecule has 3 aromatic carbocycles. The third kappa shape index (κ3) is 5.07. The van der Waals surface area contributed by atoms with Crippen LogP contribution in [0.5, 0.6) is 5.75 Å². The molecule has 0 bridgehead atoms. The molecule has 0 amide bonds. The lowest BCUT2D eigenvalue weighted by Gasteiger charge is -2.14. The number of carbonyl (C=O) groups is 1.